The molecule has 1 aromatic carbocycles. The predicted molar refractivity (Wildman–Crippen MR) is 56.2 cm³/mol. The highest BCUT2D eigenvalue weighted by molar-refractivity contribution is 5.36. The van der Waals surface area contributed by atoms with E-state index < -0.39 is 11.7 Å². The highest BCUT2D eigenvalue weighted by Gasteiger charge is 2.43. The Morgan fingerprint density at radius 1 is 1.31 bits per heavy atom. The van der Waals surface area contributed by atoms with Crippen molar-refractivity contribution in [3.05, 3.63) is 35.4 Å². The van der Waals surface area contributed by atoms with Crippen LogP contribution in [0.25, 0.3) is 0 Å². The van der Waals surface area contributed by atoms with E-state index in [1.165, 1.54) is 12.1 Å². The maximum atomic E-state index is 12.7. The highest BCUT2D eigenvalue weighted by atomic mass is 19.4. The van der Waals surface area contributed by atoms with Gasteiger partial charge in [-0.15, -0.1) is 0 Å². The monoisotopic (exact) mass is 229 g/mol. The maximum Gasteiger partial charge on any atom is 0.416 e. The Bertz CT molecular complexity index is 373. The molecule has 1 aliphatic carbocycles. The molecule has 0 unspecified atom stereocenters. The normalized spacial score (nSPS) is 24.5. The van der Waals surface area contributed by atoms with E-state index in [9.17, 15) is 13.2 Å². The summed E-state index contributed by atoms with van der Waals surface area (Å²) in [6.45, 7) is 0.789. The van der Waals surface area contributed by atoms with Crippen molar-refractivity contribution in [1.82, 2.24) is 5.32 Å². The van der Waals surface area contributed by atoms with Gasteiger partial charge in [0.1, 0.15) is 0 Å². The molecule has 1 fully saturated rings. The molecule has 88 valence electrons. The molecule has 0 heterocycles. The molecule has 0 radical (unpaired) electrons. The molecule has 1 N–H and O–H groups in total. The fourth-order valence-corrected chi connectivity index (χ4v) is 2.19. The lowest BCUT2D eigenvalue weighted by molar-refractivity contribution is -0.138. The number of hydrogen-bond donors (Lipinski definition) is 1. The van der Waals surface area contributed by atoms with E-state index in [4.69, 9.17) is 0 Å². The predicted octanol–water partition coefficient (Wildman–Crippen LogP) is 3.03. The van der Waals surface area contributed by atoms with Crippen LogP contribution in [-0.4, -0.2) is 13.6 Å². The lowest BCUT2D eigenvalue weighted by Gasteiger charge is -2.12. The topological polar surface area (TPSA) is 12.0 Å². The van der Waals surface area contributed by atoms with Crippen LogP contribution in [0, 0.1) is 5.92 Å². The quantitative estimate of drug-likeness (QED) is 0.840. The Kier molecular flexibility index (Phi) is 2.93. The van der Waals surface area contributed by atoms with Gasteiger partial charge in [-0.1, -0.05) is 18.2 Å². The molecule has 0 aromatic heterocycles. The first-order valence-electron chi connectivity index (χ1n) is 5.34. The number of hydrogen-bond acceptors (Lipinski definition) is 1. The Labute approximate surface area is 92.7 Å². The molecule has 0 aliphatic heterocycles. The molecule has 1 nitrogen and oxygen atoms in total. The van der Waals surface area contributed by atoms with Gasteiger partial charge in [-0.2, -0.15) is 13.2 Å². The van der Waals surface area contributed by atoms with Gasteiger partial charge in [0.2, 0.25) is 0 Å². The van der Waals surface area contributed by atoms with E-state index in [0.29, 0.717) is 11.5 Å². The van der Waals surface area contributed by atoms with Gasteiger partial charge >= 0.3 is 6.18 Å². The summed E-state index contributed by atoms with van der Waals surface area (Å²) in [7, 11) is 1.82. The third-order valence-corrected chi connectivity index (χ3v) is 3.05. The SMILES string of the molecule is CNC[C@@H]1C[C@@H]1c1ccccc1C(F)(F)F. The summed E-state index contributed by atoms with van der Waals surface area (Å²) < 4.78 is 38.2. The van der Waals surface area contributed by atoms with Gasteiger partial charge in [-0.05, 0) is 43.5 Å². The van der Waals surface area contributed by atoms with Crippen LogP contribution in [0.5, 0.6) is 0 Å². The summed E-state index contributed by atoms with van der Waals surface area (Å²) in [6, 6.07) is 5.90. The smallest absolute Gasteiger partial charge is 0.319 e. The van der Waals surface area contributed by atoms with Crippen LogP contribution in [0.3, 0.4) is 0 Å². The van der Waals surface area contributed by atoms with Gasteiger partial charge < -0.3 is 5.32 Å². The Morgan fingerprint density at radius 2 is 2.00 bits per heavy atom. The minimum atomic E-state index is -4.23. The number of alkyl halides is 3. The minimum Gasteiger partial charge on any atom is -0.319 e. The minimum absolute atomic E-state index is 0.0743. The molecule has 4 heteroatoms. The van der Waals surface area contributed by atoms with Crippen molar-refractivity contribution < 1.29 is 13.2 Å². The van der Waals surface area contributed by atoms with Crippen molar-refractivity contribution in [2.24, 2.45) is 5.92 Å². The zero-order valence-corrected chi connectivity index (χ0v) is 9.01. The van der Waals surface area contributed by atoms with Gasteiger partial charge in [0.25, 0.3) is 0 Å². The van der Waals surface area contributed by atoms with E-state index in [2.05, 4.69) is 5.32 Å². The lowest BCUT2D eigenvalue weighted by Crippen LogP contribution is -2.12. The molecule has 1 aromatic rings. The second-order valence-corrected chi connectivity index (χ2v) is 4.24. The van der Waals surface area contributed by atoms with Crippen molar-refractivity contribution in [2.45, 2.75) is 18.5 Å². The first-order valence-corrected chi connectivity index (χ1v) is 5.34. The Balaban J connectivity index is 2.22. The van der Waals surface area contributed by atoms with Crippen LogP contribution in [0.4, 0.5) is 13.2 Å². The second-order valence-electron chi connectivity index (χ2n) is 4.24. The number of nitrogens with one attached hydrogen (secondary N) is 1. The number of rotatable bonds is 3. The van der Waals surface area contributed by atoms with Crippen LogP contribution in [0.15, 0.2) is 24.3 Å². The fraction of sp³-hybridized carbons (Fsp3) is 0.500. The summed E-state index contributed by atoms with van der Waals surface area (Å²) in [6.07, 6.45) is -3.38. The summed E-state index contributed by atoms with van der Waals surface area (Å²) in [5, 5.41) is 3.01. The molecular weight excluding hydrogens is 215 g/mol. The molecule has 0 bridgehead atoms. The molecule has 0 saturated heterocycles. The summed E-state index contributed by atoms with van der Waals surface area (Å²) >= 11 is 0. The number of benzene rings is 1. The molecule has 2 rings (SSSR count). The van der Waals surface area contributed by atoms with Gasteiger partial charge in [0.05, 0.1) is 5.56 Å². The van der Waals surface area contributed by atoms with E-state index in [-0.39, 0.29) is 5.92 Å². The van der Waals surface area contributed by atoms with Crippen LogP contribution in [0.1, 0.15) is 23.5 Å². The molecule has 1 aliphatic rings. The molecule has 2 atom stereocenters. The maximum absolute atomic E-state index is 12.7. The van der Waals surface area contributed by atoms with Crippen LogP contribution in [0.2, 0.25) is 0 Å². The van der Waals surface area contributed by atoms with E-state index in [1.54, 1.807) is 12.1 Å². The summed E-state index contributed by atoms with van der Waals surface area (Å²) in [5.74, 6) is 0.429. The molecule has 16 heavy (non-hydrogen) atoms. The first kappa shape index (κ1) is 11.5. The van der Waals surface area contributed by atoms with Gasteiger partial charge in [0, 0.05) is 0 Å². The van der Waals surface area contributed by atoms with E-state index in [0.717, 1.165) is 13.0 Å². The van der Waals surface area contributed by atoms with E-state index in [1.807, 2.05) is 7.05 Å². The molecule has 0 spiro atoms. The zero-order valence-electron chi connectivity index (χ0n) is 9.01. The largest absolute Gasteiger partial charge is 0.416 e. The van der Waals surface area contributed by atoms with Crippen LogP contribution >= 0.6 is 0 Å². The van der Waals surface area contributed by atoms with Crippen molar-refractivity contribution >= 4 is 0 Å². The third-order valence-electron chi connectivity index (χ3n) is 3.05. The van der Waals surface area contributed by atoms with Gasteiger partial charge in [0.15, 0.2) is 0 Å². The highest BCUT2D eigenvalue weighted by Crippen LogP contribution is 2.50. The lowest BCUT2D eigenvalue weighted by atomic mass is 10.0. The summed E-state index contributed by atoms with van der Waals surface area (Å²) in [5.41, 5.74) is -0.0196. The average Bonchev–Trinajstić information content (AvgIpc) is 2.97. The zero-order chi connectivity index (χ0) is 11.8. The van der Waals surface area contributed by atoms with Crippen molar-refractivity contribution in [3.63, 3.8) is 0 Å². The van der Waals surface area contributed by atoms with Crippen molar-refractivity contribution in [3.8, 4) is 0 Å². The molecular formula is C12H14F3N. The second kappa shape index (κ2) is 4.09. The Morgan fingerprint density at radius 3 is 2.62 bits per heavy atom. The Hall–Kier alpha value is -1.03. The molecule has 1 saturated carbocycles. The van der Waals surface area contributed by atoms with Gasteiger partial charge in [-0.25, -0.2) is 0 Å². The first-order chi connectivity index (χ1) is 7.54. The standard InChI is InChI=1S/C12H14F3N/c1-16-7-8-6-10(8)9-4-2-3-5-11(9)12(13,14)15/h2-5,8,10,16H,6-7H2,1H3/t8-,10-/m0/s1. The molecule has 0 amide bonds. The van der Waals surface area contributed by atoms with Gasteiger partial charge in [-0.3, -0.25) is 0 Å². The van der Waals surface area contributed by atoms with Crippen LogP contribution in [-0.2, 0) is 6.18 Å². The summed E-state index contributed by atoms with van der Waals surface area (Å²) in [4.78, 5) is 0. The van der Waals surface area contributed by atoms with E-state index >= 15 is 0 Å². The average molecular weight is 229 g/mol. The van der Waals surface area contributed by atoms with Crippen LogP contribution < -0.4 is 5.32 Å². The van der Waals surface area contributed by atoms with Crippen molar-refractivity contribution in [2.75, 3.05) is 13.6 Å². The fourth-order valence-electron chi connectivity index (χ4n) is 2.19. The van der Waals surface area contributed by atoms with Crippen molar-refractivity contribution in [1.29, 1.82) is 0 Å². The third kappa shape index (κ3) is 2.21. The number of halogens is 3.